The summed E-state index contributed by atoms with van der Waals surface area (Å²) in [5, 5.41) is 15.2. The van der Waals surface area contributed by atoms with Crippen LogP contribution < -0.4 is 15.4 Å². The van der Waals surface area contributed by atoms with Gasteiger partial charge in [-0.05, 0) is 24.3 Å². The Morgan fingerprint density at radius 2 is 1.95 bits per heavy atom. The van der Waals surface area contributed by atoms with E-state index in [9.17, 15) is 14.7 Å². The first-order chi connectivity index (χ1) is 10.6. The van der Waals surface area contributed by atoms with Gasteiger partial charge in [-0.3, -0.25) is 14.5 Å². The van der Waals surface area contributed by atoms with E-state index in [1.165, 1.54) is 0 Å². The van der Waals surface area contributed by atoms with Crippen LogP contribution in [0.4, 0.5) is 5.69 Å². The molecule has 0 unspecified atom stereocenters. The van der Waals surface area contributed by atoms with E-state index in [4.69, 9.17) is 4.74 Å². The number of carbonyl (C=O) groups excluding carboxylic acids is 1. The first-order valence-corrected chi connectivity index (χ1v) is 7.21. The zero-order valence-corrected chi connectivity index (χ0v) is 12.5. The number of nitrogens with one attached hydrogen (secondary N) is 2. The van der Waals surface area contributed by atoms with Crippen molar-refractivity contribution in [1.29, 1.82) is 0 Å². The lowest BCUT2D eigenvalue weighted by molar-refractivity contribution is -0.145. The molecule has 1 heterocycles. The molecule has 22 heavy (non-hydrogen) atoms. The maximum absolute atomic E-state index is 12.1. The zero-order valence-electron chi connectivity index (χ0n) is 12.5. The van der Waals surface area contributed by atoms with Gasteiger partial charge in [0, 0.05) is 31.9 Å². The van der Waals surface area contributed by atoms with Crippen molar-refractivity contribution >= 4 is 17.6 Å². The Morgan fingerprint density at radius 1 is 1.32 bits per heavy atom. The molecule has 0 aromatic heterocycles. The van der Waals surface area contributed by atoms with Crippen LogP contribution in [0.25, 0.3) is 0 Å². The van der Waals surface area contributed by atoms with Crippen molar-refractivity contribution in [2.45, 2.75) is 12.5 Å². The van der Waals surface area contributed by atoms with Crippen LogP contribution >= 0.6 is 0 Å². The minimum absolute atomic E-state index is 0.0681. The number of rotatable bonds is 6. The lowest BCUT2D eigenvalue weighted by Crippen LogP contribution is -2.52. The van der Waals surface area contributed by atoms with E-state index >= 15 is 0 Å². The third-order valence-corrected chi connectivity index (χ3v) is 3.63. The molecule has 1 aromatic carbocycles. The highest BCUT2D eigenvalue weighted by Crippen LogP contribution is 2.16. The van der Waals surface area contributed by atoms with Gasteiger partial charge < -0.3 is 20.5 Å². The van der Waals surface area contributed by atoms with E-state index in [-0.39, 0.29) is 12.3 Å². The van der Waals surface area contributed by atoms with Crippen LogP contribution in [0.2, 0.25) is 0 Å². The first-order valence-electron chi connectivity index (χ1n) is 7.21. The molecule has 1 fully saturated rings. The van der Waals surface area contributed by atoms with Gasteiger partial charge in [0.2, 0.25) is 5.91 Å². The van der Waals surface area contributed by atoms with Crippen LogP contribution in [0.1, 0.15) is 6.42 Å². The number of hydrogen-bond donors (Lipinski definition) is 3. The number of methoxy groups -OCH3 is 1. The van der Waals surface area contributed by atoms with Gasteiger partial charge in [-0.25, -0.2) is 0 Å². The highest BCUT2D eigenvalue weighted by atomic mass is 16.5. The third kappa shape index (κ3) is 4.44. The number of carboxylic acids is 1. The summed E-state index contributed by atoms with van der Waals surface area (Å²) in [6.45, 7) is 2.74. The number of aliphatic carboxylic acids is 1. The fourth-order valence-corrected chi connectivity index (χ4v) is 2.43. The molecule has 7 nitrogen and oxygen atoms in total. The van der Waals surface area contributed by atoms with Crippen molar-refractivity contribution in [3.63, 3.8) is 0 Å². The lowest BCUT2D eigenvalue weighted by Gasteiger charge is -2.32. The third-order valence-electron chi connectivity index (χ3n) is 3.63. The molecule has 7 heteroatoms. The number of carboxylic acid groups (broad SMARTS) is 1. The molecule has 120 valence electrons. The Morgan fingerprint density at radius 3 is 2.50 bits per heavy atom. The predicted octanol–water partition coefficient (Wildman–Crippen LogP) is 0.382. The van der Waals surface area contributed by atoms with E-state index in [0.717, 1.165) is 13.1 Å². The maximum atomic E-state index is 12.1. The number of hydrogen-bond acceptors (Lipinski definition) is 5. The number of amides is 1. The molecular formula is C15H21N3O4. The largest absolute Gasteiger partial charge is 0.497 e. The van der Waals surface area contributed by atoms with Crippen molar-refractivity contribution in [2.75, 3.05) is 38.6 Å². The molecule has 0 saturated carbocycles. The second-order valence-corrected chi connectivity index (χ2v) is 5.12. The zero-order chi connectivity index (χ0) is 15.9. The molecule has 0 spiro atoms. The standard InChI is InChI=1S/C15H21N3O4/c1-22-12-4-2-11(3-5-12)17-14(19)10-13(15(20)21)18-8-6-16-7-9-18/h2-5,13,16H,6-10H2,1H3,(H,17,19)(H,20,21)/t13-/m1/s1. The average molecular weight is 307 g/mol. The summed E-state index contributed by atoms with van der Waals surface area (Å²) in [5.74, 6) is -0.579. The van der Waals surface area contributed by atoms with Gasteiger partial charge in [0.1, 0.15) is 11.8 Å². The molecule has 1 aliphatic heterocycles. The molecule has 2 rings (SSSR count). The highest BCUT2D eigenvalue weighted by molar-refractivity contribution is 5.94. The minimum Gasteiger partial charge on any atom is -0.497 e. The van der Waals surface area contributed by atoms with Crippen LogP contribution in [-0.4, -0.2) is 61.2 Å². The van der Waals surface area contributed by atoms with Crippen molar-refractivity contribution in [1.82, 2.24) is 10.2 Å². The van der Waals surface area contributed by atoms with Crippen molar-refractivity contribution in [3.05, 3.63) is 24.3 Å². The number of carbonyl (C=O) groups is 2. The smallest absolute Gasteiger partial charge is 0.321 e. The van der Waals surface area contributed by atoms with Crippen LogP contribution in [-0.2, 0) is 9.59 Å². The summed E-state index contributed by atoms with van der Waals surface area (Å²) in [6.07, 6.45) is -0.0681. The van der Waals surface area contributed by atoms with Crippen LogP contribution in [0, 0.1) is 0 Å². The molecule has 1 saturated heterocycles. The Balaban J connectivity index is 1.93. The summed E-state index contributed by atoms with van der Waals surface area (Å²) in [7, 11) is 1.57. The van der Waals surface area contributed by atoms with E-state index < -0.39 is 12.0 Å². The first kappa shape index (κ1) is 16.3. The van der Waals surface area contributed by atoms with E-state index in [1.807, 2.05) is 4.90 Å². The maximum Gasteiger partial charge on any atom is 0.321 e. The molecule has 0 bridgehead atoms. The molecule has 1 aromatic rings. The Hall–Kier alpha value is -2.12. The Kier molecular flexibility index (Phi) is 5.74. The molecule has 0 radical (unpaired) electrons. The minimum atomic E-state index is -0.966. The van der Waals surface area contributed by atoms with Gasteiger partial charge in [-0.1, -0.05) is 0 Å². The highest BCUT2D eigenvalue weighted by Gasteiger charge is 2.28. The second kappa shape index (κ2) is 7.77. The summed E-state index contributed by atoms with van der Waals surface area (Å²) >= 11 is 0. The number of ether oxygens (including phenoxy) is 1. The second-order valence-electron chi connectivity index (χ2n) is 5.12. The van der Waals surface area contributed by atoms with Crippen LogP contribution in [0.3, 0.4) is 0 Å². The van der Waals surface area contributed by atoms with E-state index in [2.05, 4.69) is 10.6 Å². The van der Waals surface area contributed by atoms with Crippen LogP contribution in [0.15, 0.2) is 24.3 Å². The SMILES string of the molecule is COc1ccc(NC(=O)C[C@H](C(=O)O)N2CCNCC2)cc1. The quantitative estimate of drug-likeness (QED) is 0.704. The van der Waals surface area contributed by atoms with E-state index in [1.54, 1.807) is 31.4 Å². The van der Waals surface area contributed by atoms with Gasteiger partial charge >= 0.3 is 5.97 Å². The predicted molar refractivity (Wildman–Crippen MR) is 82.1 cm³/mol. The van der Waals surface area contributed by atoms with Gasteiger partial charge in [0.25, 0.3) is 0 Å². The van der Waals surface area contributed by atoms with Crippen LogP contribution in [0.5, 0.6) is 5.75 Å². The fraction of sp³-hybridized carbons (Fsp3) is 0.467. The topological polar surface area (TPSA) is 90.9 Å². The number of anilines is 1. The lowest BCUT2D eigenvalue weighted by atomic mass is 10.1. The molecule has 1 amide bonds. The fourth-order valence-electron chi connectivity index (χ4n) is 2.43. The summed E-state index contributed by atoms with van der Waals surface area (Å²) < 4.78 is 5.05. The van der Waals surface area contributed by atoms with Gasteiger partial charge in [0.15, 0.2) is 0 Å². The van der Waals surface area contributed by atoms with Crippen molar-refractivity contribution in [2.24, 2.45) is 0 Å². The molecule has 1 atom stereocenters. The summed E-state index contributed by atoms with van der Waals surface area (Å²) in [5.41, 5.74) is 0.621. The molecular weight excluding hydrogens is 286 g/mol. The average Bonchev–Trinajstić information content (AvgIpc) is 2.54. The van der Waals surface area contributed by atoms with Crippen molar-refractivity contribution in [3.8, 4) is 5.75 Å². The van der Waals surface area contributed by atoms with Gasteiger partial charge in [-0.2, -0.15) is 0 Å². The van der Waals surface area contributed by atoms with Gasteiger partial charge in [-0.15, -0.1) is 0 Å². The summed E-state index contributed by atoms with van der Waals surface area (Å²) in [6, 6.07) is 6.12. The Bertz CT molecular complexity index is 512. The number of piperazine rings is 1. The Labute approximate surface area is 129 Å². The summed E-state index contributed by atoms with van der Waals surface area (Å²) in [4.78, 5) is 25.3. The normalized spacial score (nSPS) is 16.8. The molecule has 3 N–H and O–H groups in total. The number of benzene rings is 1. The van der Waals surface area contributed by atoms with Gasteiger partial charge in [0.05, 0.1) is 13.5 Å². The van der Waals surface area contributed by atoms with Crippen molar-refractivity contribution < 1.29 is 19.4 Å². The van der Waals surface area contributed by atoms with E-state index in [0.29, 0.717) is 24.5 Å². The number of nitrogens with zero attached hydrogens (tertiary/aromatic N) is 1. The monoisotopic (exact) mass is 307 g/mol. The molecule has 1 aliphatic rings. The molecule has 0 aliphatic carbocycles.